The van der Waals surface area contributed by atoms with Crippen LogP contribution >= 0.6 is 0 Å². The first kappa shape index (κ1) is 18.9. The summed E-state index contributed by atoms with van der Waals surface area (Å²) in [6.45, 7) is 5.14. The number of esters is 1. The molecule has 9 nitrogen and oxygen atoms in total. The fourth-order valence-electron chi connectivity index (χ4n) is 2.21. The third-order valence-electron chi connectivity index (χ3n) is 3.39. The van der Waals surface area contributed by atoms with Crippen LogP contribution in [0.5, 0.6) is 5.75 Å². The SMILES string of the molecule is CCOCCOCCOC(=O)CN1C(=O)C(C)Oc2ccc(N)nc21. The van der Waals surface area contributed by atoms with Crippen LogP contribution in [0, 0.1) is 0 Å². The molecule has 1 aliphatic rings. The number of hydrogen-bond donors (Lipinski definition) is 1. The lowest BCUT2D eigenvalue weighted by molar-refractivity contribution is -0.145. The summed E-state index contributed by atoms with van der Waals surface area (Å²) in [4.78, 5) is 29.6. The summed E-state index contributed by atoms with van der Waals surface area (Å²) in [6, 6.07) is 3.18. The molecule has 0 radical (unpaired) electrons. The lowest BCUT2D eigenvalue weighted by Gasteiger charge is -2.31. The van der Waals surface area contributed by atoms with Crippen molar-refractivity contribution in [2.75, 3.05) is 50.2 Å². The van der Waals surface area contributed by atoms with Crippen LogP contribution in [0.3, 0.4) is 0 Å². The molecule has 9 heteroatoms. The van der Waals surface area contributed by atoms with Gasteiger partial charge in [-0.1, -0.05) is 0 Å². The van der Waals surface area contributed by atoms with Gasteiger partial charge >= 0.3 is 5.97 Å². The molecule has 25 heavy (non-hydrogen) atoms. The van der Waals surface area contributed by atoms with Crippen molar-refractivity contribution in [3.8, 4) is 5.75 Å². The molecule has 1 atom stereocenters. The molecule has 0 spiro atoms. The Kier molecular flexibility index (Phi) is 6.96. The molecule has 138 valence electrons. The number of hydrogen-bond acceptors (Lipinski definition) is 8. The van der Waals surface area contributed by atoms with Gasteiger partial charge in [0.2, 0.25) is 0 Å². The Morgan fingerprint density at radius 1 is 1.28 bits per heavy atom. The van der Waals surface area contributed by atoms with Gasteiger partial charge in [-0.05, 0) is 26.0 Å². The third kappa shape index (κ3) is 5.30. The van der Waals surface area contributed by atoms with E-state index in [-0.39, 0.29) is 37.3 Å². The lowest BCUT2D eigenvalue weighted by atomic mass is 10.2. The van der Waals surface area contributed by atoms with Crippen LogP contribution in [0.15, 0.2) is 12.1 Å². The van der Waals surface area contributed by atoms with Crippen molar-refractivity contribution < 1.29 is 28.5 Å². The van der Waals surface area contributed by atoms with Gasteiger partial charge < -0.3 is 24.7 Å². The zero-order chi connectivity index (χ0) is 18.2. The largest absolute Gasteiger partial charge is 0.477 e. The van der Waals surface area contributed by atoms with Crippen LogP contribution in [0.4, 0.5) is 11.6 Å². The molecule has 1 aliphatic heterocycles. The van der Waals surface area contributed by atoms with Gasteiger partial charge in [0, 0.05) is 6.61 Å². The van der Waals surface area contributed by atoms with Gasteiger partial charge in [-0.25, -0.2) is 4.98 Å². The smallest absolute Gasteiger partial charge is 0.326 e. The minimum atomic E-state index is -0.715. The first-order valence-electron chi connectivity index (χ1n) is 8.08. The first-order valence-corrected chi connectivity index (χ1v) is 8.08. The van der Waals surface area contributed by atoms with Gasteiger partial charge in [0.1, 0.15) is 19.0 Å². The van der Waals surface area contributed by atoms with E-state index in [2.05, 4.69) is 4.98 Å². The molecule has 0 bridgehead atoms. The van der Waals surface area contributed by atoms with Gasteiger partial charge in [-0.2, -0.15) is 0 Å². The highest BCUT2D eigenvalue weighted by Crippen LogP contribution is 2.32. The summed E-state index contributed by atoms with van der Waals surface area (Å²) < 4.78 is 20.9. The first-order chi connectivity index (χ1) is 12.0. The second kappa shape index (κ2) is 9.19. The van der Waals surface area contributed by atoms with Crippen LogP contribution in [0.1, 0.15) is 13.8 Å². The predicted molar refractivity (Wildman–Crippen MR) is 89.4 cm³/mol. The van der Waals surface area contributed by atoms with Crippen LogP contribution in [0.25, 0.3) is 0 Å². The number of ether oxygens (including phenoxy) is 4. The Morgan fingerprint density at radius 3 is 2.76 bits per heavy atom. The normalized spacial score (nSPS) is 16.3. The number of aromatic nitrogens is 1. The topological polar surface area (TPSA) is 113 Å². The van der Waals surface area contributed by atoms with Crippen LogP contribution in [-0.4, -0.2) is 62.5 Å². The van der Waals surface area contributed by atoms with Gasteiger partial charge in [0.25, 0.3) is 5.91 Å². The van der Waals surface area contributed by atoms with Gasteiger partial charge in [0.05, 0.1) is 19.8 Å². The van der Waals surface area contributed by atoms with Crippen molar-refractivity contribution in [1.82, 2.24) is 4.98 Å². The summed E-state index contributed by atoms with van der Waals surface area (Å²) in [6.07, 6.45) is -0.715. The van der Waals surface area contributed by atoms with Gasteiger partial charge in [-0.3, -0.25) is 14.5 Å². The molecular weight excluding hydrogens is 330 g/mol. The molecule has 2 N–H and O–H groups in total. The number of carbonyl (C=O) groups excluding carboxylic acids is 2. The Labute approximate surface area is 146 Å². The maximum atomic E-state index is 12.3. The zero-order valence-corrected chi connectivity index (χ0v) is 14.4. The quantitative estimate of drug-likeness (QED) is 0.500. The van der Waals surface area contributed by atoms with Crippen LogP contribution in [-0.2, 0) is 23.8 Å². The van der Waals surface area contributed by atoms with E-state index in [0.29, 0.717) is 25.6 Å². The third-order valence-corrected chi connectivity index (χ3v) is 3.39. The number of nitrogen functional groups attached to an aromatic ring is 1. The standard InChI is InChI=1S/C16H23N3O6/c1-3-22-6-7-23-8-9-24-14(20)10-19-15-12(4-5-13(17)18-15)25-11(2)16(19)21/h4-5,11H,3,6-10H2,1-2H3,(H2,17,18). The Balaban J connectivity index is 1.85. The second-order valence-corrected chi connectivity index (χ2v) is 5.27. The van der Waals surface area contributed by atoms with Gasteiger partial charge in [0.15, 0.2) is 17.7 Å². The van der Waals surface area contributed by atoms with E-state index in [1.165, 1.54) is 4.90 Å². The number of amides is 1. The van der Waals surface area contributed by atoms with E-state index in [1.807, 2.05) is 6.92 Å². The van der Waals surface area contributed by atoms with E-state index >= 15 is 0 Å². The van der Waals surface area contributed by atoms with E-state index in [1.54, 1.807) is 19.1 Å². The number of pyridine rings is 1. The number of anilines is 2. The molecular formula is C16H23N3O6. The molecule has 0 saturated heterocycles. The van der Waals surface area contributed by atoms with E-state index in [9.17, 15) is 9.59 Å². The van der Waals surface area contributed by atoms with Crippen molar-refractivity contribution in [3.63, 3.8) is 0 Å². The number of rotatable bonds is 9. The fourth-order valence-corrected chi connectivity index (χ4v) is 2.21. The summed E-state index contributed by atoms with van der Waals surface area (Å²) in [7, 11) is 0. The fraction of sp³-hybridized carbons (Fsp3) is 0.562. The van der Waals surface area contributed by atoms with Crippen LogP contribution < -0.4 is 15.4 Å². The minimum Gasteiger partial charge on any atom is -0.477 e. The summed E-state index contributed by atoms with van der Waals surface area (Å²) >= 11 is 0. The highest BCUT2D eigenvalue weighted by molar-refractivity contribution is 6.02. The number of nitrogens with two attached hydrogens (primary N) is 1. The van der Waals surface area contributed by atoms with E-state index in [4.69, 9.17) is 24.7 Å². The van der Waals surface area contributed by atoms with Crippen molar-refractivity contribution in [3.05, 3.63) is 12.1 Å². The molecule has 1 aromatic heterocycles. The number of carbonyl (C=O) groups is 2. The lowest BCUT2D eigenvalue weighted by Crippen LogP contribution is -2.47. The Morgan fingerprint density at radius 2 is 2.00 bits per heavy atom. The number of nitrogens with zero attached hydrogens (tertiary/aromatic N) is 2. The molecule has 1 aromatic rings. The minimum absolute atomic E-state index is 0.0935. The Bertz CT molecular complexity index is 610. The number of fused-ring (bicyclic) bond motifs is 1. The van der Waals surface area contributed by atoms with Crippen molar-refractivity contribution in [2.24, 2.45) is 0 Å². The highest BCUT2D eigenvalue weighted by Gasteiger charge is 2.34. The average molecular weight is 353 g/mol. The maximum absolute atomic E-state index is 12.3. The molecule has 0 aliphatic carbocycles. The van der Waals surface area contributed by atoms with Crippen LogP contribution in [0.2, 0.25) is 0 Å². The molecule has 0 aromatic carbocycles. The molecule has 2 rings (SSSR count). The predicted octanol–water partition coefficient (Wildman–Crippen LogP) is 0.374. The Hall–Kier alpha value is -2.39. The van der Waals surface area contributed by atoms with Crippen molar-refractivity contribution in [2.45, 2.75) is 20.0 Å². The molecule has 0 fully saturated rings. The second-order valence-electron chi connectivity index (χ2n) is 5.27. The van der Waals surface area contributed by atoms with Crippen molar-refractivity contribution in [1.29, 1.82) is 0 Å². The molecule has 2 heterocycles. The zero-order valence-electron chi connectivity index (χ0n) is 14.4. The average Bonchev–Trinajstić information content (AvgIpc) is 2.59. The van der Waals surface area contributed by atoms with Crippen molar-refractivity contribution >= 4 is 23.5 Å². The molecule has 0 saturated carbocycles. The highest BCUT2D eigenvalue weighted by atomic mass is 16.6. The molecule has 1 amide bonds. The molecule has 1 unspecified atom stereocenters. The summed E-state index contributed by atoms with van der Waals surface area (Å²) in [5.41, 5.74) is 5.66. The monoisotopic (exact) mass is 353 g/mol. The maximum Gasteiger partial charge on any atom is 0.326 e. The van der Waals surface area contributed by atoms with E-state index < -0.39 is 12.1 Å². The van der Waals surface area contributed by atoms with Gasteiger partial charge in [-0.15, -0.1) is 0 Å². The summed E-state index contributed by atoms with van der Waals surface area (Å²) in [5, 5.41) is 0. The van der Waals surface area contributed by atoms with E-state index in [0.717, 1.165) is 0 Å². The summed E-state index contributed by atoms with van der Waals surface area (Å²) in [5.74, 6) is -0.103.